The van der Waals surface area contributed by atoms with Crippen molar-refractivity contribution in [2.24, 2.45) is 0 Å². The summed E-state index contributed by atoms with van der Waals surface area (Å²) in [6, 6.07) is 32.8. The van der Waals surface area contributed by atoms with Crippen molar-refractivity contribution in [3.63, 3.8) is 0 Å². The molecule has 1 saturated heterocycles. The number of amides is 1. The third kappa shape index (κ3) is 2.79. The average molecular weight is 386 g/mol. The van der Waals surface area contributed by atoms with Gasteiger partial charge in [0.05, 0.1) is 0 Å². The fourth-order valence-electron chi connectivity index (χ4n) is 4.77. The topological polar surface area (TPSA) is 20.3 Å². The molecule has 2 nitrogen and oxygen atoms in total. The Bertz CT molecular complexity index is 857. The molecule has 140 valence electrons. The van der Waals surface area contributed by atoms with Crippen molar-refractivity contribution in [1.29, 1.82) is 0 Å². The maximum Gasteiger partial charge on any atom is 0.264 e. The first-order valence-corrected chi connectivity index (χ1v) is 12.0. The number of carbonyl (C=O) groups is 1. The Labute approximate surface area is 167 Å². The summed E-state index contributed by atoms with van der Waals surface area (Å²) in [5.74, 6) is 0.368. The lowest BCUT2D eigenvalue weighted by Gasteiger charge is -2.32. The van der Waals surface area contributed by atoms with Crippen LogP contribution in [0.15, 0.2) is 91.0 Å². The molecule has 1 amide bonds. The molecule has 0 spiro atoms. The zero-order valence-electron chi connectivity index (χ0n) is 15.9. The standard InChI is InChI=1S/C25H25NOP/c27-25-24(18-19-26(25)20-16-17-20)28(21-10-4-1-5-11-21,22-12-6-2-7-13-22)23-14-8-3-9-15-23/h1-15,20,24H,16-19H2/q+1. The van der Waals surface area contributed by atoms with Gasteiger partial charge in [-0.2, -0.15) is 0 Å². The van der Waals surface area contributed by atoms with Crippen LogP contribution in [0.2, 0.25) is 0 Å². The number of likely N-dealkylation sites (tertiary alicyclic amines) is 1. The number of hydrogen-bond donors (Lipinski definition) is 0. The van der Waals surface area contributed by atoms with Crippen LogP contribution in [0, 0.1) is 0 Å². The van der Waals surface area contributed by atoms with Crippen LogP contribution in [0.5, 0.6) is 0 Å². The Balaban J connectivity index is 1.77. The predicted octanol–water partition coefficient (Wildman–Crippen LogP) is 3.74. The Morgan fingerprint density at radius 1 is 0.643 bits per heavy atom. The normalized spacial score (nSPS) is 19.8. The van der Waals surface area contributed by atoms with E-state index in [1.165, 1.54) is 28.8 Å². The SMILES string of the molecule is O=C1C([P+](c2ccccc2)(c2ccccc2)c2ccccc2)CCN1C1CC1. The van der Waals surface area contributed by atoms with Crippen molar-refractivity contribution in [2.45, 2.75) is 31.0 Å². The van der Waals surface area contributed by atoms with Crippen molar-refractivity contribution in [3.05, 3.63) is 91.0 Å². The quantitative estimate of drug-likeness (QED) is 0.612. The van der Waals surface area contributed by atoms with E-state index in [-0.39, 0.29) is 5.66 Å². The van der Waals surface area contributed by atoms with Crippen LogP contribution in [-0.2, 0) is 4.79 Å². The first-order chi connectivity index (χ1) is 13.8. The van der Waals surface area contributed by atoms with Crippen LogP contribution in [0.4, 0.5) is 0 Å². The summed E-state index contributed by atoms with van der Waals surface area (Å²) in [6.45, 7) is 0.905. The molecule has 1 aliphatic heterocycles. The van der Waals surface area contributed by atoms with Gasteiger partial charge in [0, 0.05) is 19.0 Å². The smallest absolute Gasteiger partial charge is 0.264 e. The second kappa shape index (κ2) is 7.18. The van der Waals surface area contributed by atoms with E-state index in [0.717, 1.165) is 13.0 Å². The average Bonchev–Trinajstić information content (AvgIpc) is 3.54. The molecule has 3 aromatic rings. The van der Waals surface area contributed by atoms with Crippen LogP contribution in [0.3, 0.4) is 0 Å². The van der Waals surface area contributed by atoms with Gasteiger partial charge in [-0.05, 0) is 49.2 Å². The van der Waals surface area contributed by atoms with Crippen molar-refractivity contribution in [3.8, 4) is 0 Å². The van der Waals surface area contributed by atoms with Crippen molar-refractivity contribution >= 4 is 29.1 Å². The Morgan fingerprint density at radius 3 is 1.46 bits per heavy atom. The van der Waals surface area contributed by atoms with E-state index >= 15 is 0 Å². The molecule has 0 radical (unpaired) electrons. The fraction of sp³-hybridized carbons (Fsp3) is 0.240. The highest BCUT2D eigenvalue weighted by molar-refractivity contribution is 7.96. The van der Waals surface area contributed by atoms with Gasteiger partial charge in [0.15, 0.2) is 5.66 Å². The van der Waals surface area contributed by atoms with E-state index in [0.29, 0.717) is 11.9 Å². The minimum Gasteiger partial charge on any atom is -0.336 e. The van der Waals surface area contributed by atoms with Gasteiger partial charge in [-0.15, -0.1) is 0 Å². The Morgan fingerprint density at radius 2 is 1.07 bits per heavy atom. The van der Waals surface area contributed by atoms with Crippen molar-refractivity contribution in [2.75, 3.05) is 6.54 Å². The van der Waals surface area contributed by atoms with E-state index in [1.807, 2.05) is 0 Å². The summed E-state index contributed by atoms with van der Waals surface area (Å²) < 4.78 is 0. The van der Waals surface area contributed by atoms with Crippen LogP contribution < -0.4 is 15.9 Å². The number of rotatable bonds is 5. The molecule has 1 aliphatic carbocycles. The van der Waals surface area contributed by atoms with E-state index in [2.05, 4.69) is 95.9 Å². The summed E-state index contributed by atoms with van der Waals surface area (Å²) in [6.07, 6.45) is 3.29. The zero-order chi connectivity index (χ0) is 19.0. The molecule has 1 saturated carbocycles. The largest absolute Gasteiger partial charge is 0.336 e. The summed E-state index contributed by atoms with van der Waals surface area (Å²) in [7, 11) is -2.10. The Kier molecular flexibility index (Phi) is 4.53. The molecule has 3 heteroatoms. The molecule has 3 aromatic carbocycles. The number of hydrogen-bond acceptors (Lipinski definition) is 1. The van der Waals surface area contributed by atoms with Crippen LogP contribution >= 0.6 is 7.26 Å². The highest BCUT2D eigenvalue weighted by Gasteiger charge is 2.59. The molecule has 0 aromatic heterocycles. The third-order valence-electron chi connectivity index (χ3n) is 6.16. The first-order valence-electron chi connectivity index (χ1n) is 10.2. The summed E-state index contributed by atoms with van der Waals surface area (Å²) in [5.41, 5.74) is 0.0281. The van der Waals surface area contributed by atoms with Crippen molar-refractivity contribution < 1.29 is 4.79 Å². The second-order valence-electron chi connectivity index (χ2n) is 7.80. The molecule has 0 N–H and O–H groups in total. The number of nitrogens with zero attached hydrogens (tertiary/aromatic N) is 1. The van der Waals surface area contributed by atoms with Gasteiger partial charge < -0.3 is 4.90 Å². The zero-order valence-corrected chi connectivity index (χ0v) is 16.8. The highest BCUT2D eigenvalue weighted by atomic mass is 31.2. The molecular weight excluding hydrogens is 361 g/mol. The molecule has 1 atom stereocenters. The molecule has 2 fully saturated rings. The fourth-order valence-corrected chi connectivity index (χ4v) is 9.65. The maximum atomic E-state index is 13.7. The van der Waals surface area contributed by atoms with Gasteiger partial charge in [-0.25, -0.2) is 0 Å². The van der Waals surface area contributed by atoms with Gasteiger partial charge >= 0.3 is 0 Å². The van der Waals surface area contributed by atoms with Crippen LogP contribution in [0.25, 0.3) is 0 Å². The van der Waals surface area contributed by atoms with Crippen LogP contribution in [-0.4, -0.2) is 29.1 Å². The molecule has 2 aliphatic rings. The molecule has 0 bridgehead atoms. The highest BCUT2D eigenvalue weighted by Crippen LogP contribution is 2.62. The monoisotopic (exact) mass is 386 g/mol. The summed E-state index contributed by atoms with van der Waals surface area (Å²) >= 11 is 0. The van der Waals surface area contributed by atoms with Gasteiger partial charge in [0.1, 0.15) is 23.2 Å². The lowest BCUT2D eigenvalue weighted by molar-refractivity contribution is -0.127. The lowest BCUT2D eigenvalue weighted by atomic mass is 10.3. The van der Waals surface area contributed by atoms with E-state index < -0.39 is 7.26 Å². The molecule has 28 heavy (non-hydrogen) atoms. The lowest BCUT2D eigenvalue weighted by Crippen LogP contribution is -2.43. The van der Waals surface area contributed by atoms with Crippen molar-refractivity contribution in [1.82, 2.24) is 4.90 Å². The maximum absolute atomic E-state index is 13.7. The molecular formula is C25H25NOP+. The number of benzene rings is 3. The Hall–Kier alpha value is -2.44. The van der Waals surface area contributed by atoms with E-state index in [1.54, 1.807) is 0 Å². The van der Waals surface area contributed by atoms with Gasteiger partial charge in [-0.3, -0.25) is 4.79 Å². The van der Waals surface area contributed by atoms with E-state index in [9.17, 15) is 4.79 Å². The predicted molar refractivity (Wildman–Crippen MR) is 118 cm³/mol. The van der Waals surface area contributed by atoms with E-state index in [4.69, 9.17) is 0 Å². The third-order valence-corrected chi connectivity index (χ3v) is 10.9. The minimum atomic E-state index is -2.10. The summed E-state index contributed by atoms with van der Waals surface area (Å²) in [5, 5.41) is 3.93. The van der Waals surface area contributed by atoms with Gasteiger partial charge in [0.2, 0.25) is 0 Å². The first kappa shape index (κ1) is 17.6. The molecule has 5 rings (SSSR count). The van der Waals surface area contributed by atoms with Gasteiger partial charge in [0.25, 0.3) is 5.91 Å². The number of carbonyl (C=O) groups excluding carboxylic acids is 1. The minimum absolute atomic E-state index is 0.0281. The van der Waals surface area contributed by atoms with Crippen LogP contribution in [0.1, 0.15) is 19.3 Å². The second-order valence-corrected chi connectivity index (χ2v) is 11.4. The molecule has 1 heterocycles. The molecule has 1 unspecified atom stereocenters. The van der Waals surface area contributed by atoms with Gasteiger partial charge in [-0.1, -0.05) is 54.6 Å². The summed E-state index contributed by atoms with van der Waals surface area (Å²) in [4.78, 5) is 15.9.